The Labute approximate surface area is 244 Å². The third kappa shape index (κ3) is 6.44. The molecule has 40 heavy (non-hydrogen) atoms. The maximum absolute atomic E-state index is 3.08. The van der Waals surface area contributed by atoms with E-state index in [4.69, 9.17) is 0 Å². The monoisotopic (exact) mass is 540 g/mol. The van der Waals surface area contributed by atoms with Crippen LogP contribution in [0.4, 0.5) is 11.4 Å². The van der Waals surface area contributed by atoms with Crippen LogP contribution in [0, 0.1) is 0 Å². The SMILES string of the molecule is c1ccc(N(C(N(C2CCCCC2)C2CCCCC2)=[N+](C2CCCCC2)C2CCCCC2)c2ccccc2)cc1. The van der Waals surface area contributed by atoms with Crippen LogP contribution in [0.2, 0.25) is 0 Å². The third-order valence-electron chi connectivity index (χ3n) is 10.6. The quantitative estimate of drug-likeness (QED) is 0.205. The van der Waals surface area contributed by atoms with Gasteiger partial charge < -0.3 is 0 Å². The fraction of sp³-hybridized carbons (Fsp3) is 0.649. The molecule has 0 radical (unpaired) electrons. The van der Waals surface area contributed by atoms with Gasteiger partial charge in [0.1, 0.15) is 11.4 Å². The van der Waals surface area contributed by atoms with Crippen LogP contribution in [0.15, 0.2) is 60.7 Å². The number of hydrogen-bond donors (Lipinski definition) is 0. The van der Waals surface area contributed by atoms with Gasteiger partial charge in [-0.25, -0.2) is 0 Å². The molecule has 3 nitrogen and oxygen atoms in total. The van der Waals surface area contributed by atoms with Gasteiger partial charge >= 0.3 is 5.96 Å². The van der Waals surface area contributed by atoms with Crippen LogP contribution in [0.5, 0.6) is 0 Å². The van der Waals surface area contributed by atoms with E-state index in [0.29, 0.717) is 24.2 Å². The van der Waals surface area contributed by atoms with Crippen molar-refractivity contribution in [3.05, 3.63) is 60.7 Å². The molecule has 2 aromatic carbocycles. The molecule has 0 aromatic heterocycles. The van der Waals surface area contributed by atoms with Gasteiger partial charge in [0.2, 0.25) is 0 Å². The molecule has 0 spiro atoms. The molecule has 0 bridgehead atoms. The number of hydrogen-bond acceptors (Lipinski definition) is 0. The van der Waals surface area contributed by atoms with Crippen LogP contribution in [0.3, 0.4) is 0 Å². The molecular formula is C37H54N3+. The first kappa shape index (κ1) is 27.9. The number of rotatable bonds is 6. The second kappa shape index (κ2) is 14.1. The fourth-order valence-corrected chi connectivity index (χ4v) is 8.58. The first-order valence-corrected chi connectivity index (χ1v) is 17.2. The summed E-state index contributed by atoms with van der Waals surface area (Å²) in [5.74, 6) is 1.56. The maximum Gasteiger partial charge on any atom is 0.361 e. The van der Waals surface area contributed by atoms with Crippen LogP contribution in [0.1, 0.15) is 128 Å². The molecule has 0 atom stereocenters. The molecule has 0 amide bonds. The van der Waals surface area contributed by atoms with Crippen molar-refractivity contribution in [1.29, 1.82) is 0 Å². The molecule has 6 rings (SSSR count). The van der Waals surface area contributed by atoms with Crippen LogP contribution in [0.25, 0.3) is 0 Å². The van der Waals surface area contributed by atoms with Gasteiger partial charge in [-0.1, -0.05) is 113 Å². The fourth-order valence-electron chi connectivity index (χ4n) is 8.58. The van der Waals surface area contributed by atoms with Gasteiger partial charge in [-0.05, 0) is 75.6 Å². The van der Waals surface area contributed by atoms with Crippen molar-refractivity contribution < 1.29 is 4.58 Å². The Kier molecular flexibility index (Phi) is 9.79. The summed E-state index contributed by atoms with van der Waals surface area (Å²) >= 11 is 0. The van der Waals surface area contributed by atoms with E-state index in [1.54, 1.807) is 5.96 Å². The van der Waals surface area contributed by atoms with Gasteiger partial charge in [0.05, 0.1) is 24.2 Å². The summed E-state index contributed by atoms with van der Waals surface area (Å²) in [4.78, 5) is 5.81. The topological polar surface area (TPSA) is 9.49 Å². The highest BCUT2D eigenvalue weighted by molar-refractivity contribution is 6.00. The van der Waals surface area contributed by atoms with Gasteiger partial charge in [-0.3, -0.25) is 9.48 Å². The lowest BCUT2D eigenvalue weighted by Crippen LogP contribution is -2.60. The minimum Gasteiger partial charge on any atom is -0.259 e. The van der Waals surface area contributed by atoms with E-state index in [-0.39, 0.29) is 0 Å². The summed E-state index contributed by atoms with van der Waals surface area (Å²) in [5.41, 5.74) is 2.66. The van der Waals surface area contributed by atoms with E-state index in [0.717, 1.165) is 0 Å². The van der Waals surface area contributed by atoms with Gasteiger partial charge in [-0.15, -0.1) is 0 Å². The second-order valence-electron chi connectivity index (χ2n) is 13.3. The lowest BCUT2D eigenvalue weighted by molar-refractivity contribution is -0.612. The molecule has 2 aromatic rings. The molecule has 0 saturated heterocycles. The van der Waals surface area contributed by atoms with Crippen molar-refractivity contribution in [3.63, 3.8) is 0 Å². The number of benzene rings is 2. The van der Waals surface area contributed by atoms with E-state index in [1.807, 2.05) is 0 Å². The Morgan fingerprint density at radius 2 is 0.800 bits per heavy atom. The van der Waals surface area contributed by atoms with Crippen molar-refractivity contribution in [2.75, 3.05) is 4.90 Å². The summed E-state index contributed by atoms with van der Waals surface area (Å²) < 4.78 is 3.08. The van der Waals surface area contributed by atoms with Crippen LogP contribution in [-0.4, -0.2) is 39.6 Å². The van der Waals surface area contributed by atoms with Crippen molar-refractivity contribution in [2.45, 2.75) is 153 Å². The Bertz CT molecular complexity index is 962. The Hall–Kier alpha value is -2.29. The van der Waals surface area contributed by atoms with Gasteiger partial charge in [-0.2, -0.15) is 4.90 Å². The summed E-state index contributed by atoms with van der Waals surface area (Å²) in [5, 5.41) is 0. The van der Waals surface area contributed by atoms with Gasteiger partial charge in [0.15, 0.2) is 0 Å². The minimum atomic E-state index is 0.663. The molecule has 4 aliphatic rings. The Morgan fingerprint density at radius 3 is 1.18 bits per heavy atom. The zero-order chi connectivity index (χ0) is 27.0. The molecule has 3 heteroatoms. The summed E-state index contributed by atoms with van der Waals surface area (Å²) in [6.45, 7) is 0. The average Bonchev–Trinajstić information content (AvgIpc) is 3.04. The number of anilines is 2. The van der Waals surface area contributed by atoms with E-state index in [2.05, 4.69) is 75.0 Å². The van der Waals surface area contributed by atoms with E-state index >= 15 is 0 Å². The predicted molar refractivity (Wildman–Crippen MR) is 170 cm³/mol. The normalized spacial score (nSPS) is 22.1. The molecule has 4 fully saturated rings. The van der Waals surface area contributed by atoms with E-state index in [9.17, 15) is 0 Å². The van der Waals surface area contributed by atoms with E-state index < -0.39 is 0 Å². The van der Waals surface area contributed by atoms with Crippen LogP contribution in [-0.2, 0) is 0 Å². The van der Waals surface area contributed by atoms with Crippen molar-refractivity contribution >= 4 is 17.3 Å². The first-order valence-electron chi connectivity index (χ1n) is 17.2. The zero-order valence-electron chi connectivity index (χ0n) is 25.1. The lowest BCUT2D eigenvalue weighted by Gasteiger charge is -2.44. The summed E-state index contributed by atoms with van der Waals surface area (Å²) in [7, 11) is 0. The first-order chi connectivity index (χ1) is 19.9. The Balaban J connectivity index is 1.60. The molecule has 0 N–H and O–H groups in total. The largest absolute Gasteiger partial charge is 0.361 e. The maximum atomic E-state index is 3.08. The Morgan fingerprint density at radius 1 is 0.450 bits per heavy atom. The highest BCUT2D eigenvalue weighted by atomic mass is 15.4. The number of nitrogens with zero attached hydrogens (tertiary/aromatic N) is 3. The summed E-state index contributed by atoms with van der Waals surface area (Å²) in [6.07, 6.45) is 27.7. The van der Waals surface area contributed by atoms with E-state index in [1.165, 1.54) is 140 Å². The molecule has 0 aliphatic heterocycles. The van der Waals surface area contributed by atoms with Gasteiger partial charge in [0.25, 0.3) is 0 Å². The standard InChI is InChI=1S/C37H54N3/c1-7-19-31(20-8-1)38(32-21-9-2-10-22-32)37(39(33-23-11-3-12-24-33)34-25-13-4-14-26-34)40(35-27-15-5-16-28-35)36-29-17-6-18-30-36/h1-2,7-10,19-22,33-36H,3-6,11-18,23-30H2/q+1. The summed E-state index contributed by atoms with van der Waals surface area (Å²) in [6, 6.07) is 25.5. The molecule has 4 aliphatic carbocycles. The predicted octanol–water partition coefficient (Wildman–Crippen LogP) is 9.83. The average molecular weight is 541 g/mol. The lowest BCUT2D eigenvalue weighted by atomic mass is 9.87. The van der Waals surface area contributed by atoms with Crippen LogP contribution < -0.4 is 4.90 Å². The third-order valence-corrected chi connectivity index (χ3v) is 10.6. The molecule has 216 valence electrons. The molecule has 0 heterocycles. The number of para-hydroxylation sites is 2. The number of guanidine groups is 1. The zero-order valence-corrected chi connectivity index (χ0v) is 25.1. The second-order valence-corrected chi connectivity index (χ2v) is 13.3. The molecule has 4 saturated carbocycles. The smallest absolute Gasteiger partial charge is 0.259 e. The highest BCUT2D eigenvalue weighted by Gasteiger charge is 2.45. The molecular weight excluding hydrogens is 486 g/mol. The van der Waals surface area contributed by atoms with Crippen LogP contribution >= 0.6 is 0 Å². The molecule has 0 unspecified atom stereocenters. The van der Waals surface area contributed by atoms with Crippen molar-refractivity contribution in [1.82, 2.24) is 4.90 Å². The van der Waals surface area contributed by atoms with Crippen molar-refractivity contribution in [2.24, 2.45) is 0 Å². The minimum absolute atomic E-state index is 0.663. The highest BCUT2D eigenvalue weighted by Crippen LogP contribution is 2.37. The van der Waals surface area contributed by atoms with Crippen molar-refractivity contribution in [3.8, 4) is 0 Å². The van der Waals surface area contributed by atoms with Gasteiger partial charge in [0, 0.05) is 0 Å².